The van der Waals surface area contributed by atoms with Crippen molar-refractivity contribution in [2.75, 3.05) is 4.90 Å². The maximum absolute atomic E-state index is 6.65. The van der Waals surface area contributed by atoms with Gasteiger partial charge in [0.05, 0.1) is 0 Å². The SMILES string of the molecule is c1ccc(-c2cccc(N(c3ccc(-c4cccc5c4oc4ccccc45)cc3)c3ccc(-c4ccccc4)c(-c4cccc5c4oc4ccccc45)c3)c2)cc1. The van der Waals surface area contributed by atoms with E-state index >= 15 is 0 Å². The van der Waals surface area contributed by atoms with Crippen LogP contribution in [0.4, 0.5) is 17.1 Å². The Kier molecular flexibility index (Phi) is 7.82. The van der Waals surface area contributed by atoms with E-state index in [1.165, 1.54) is 5.56 Å². The number of para-hydroxylation sites is 4. The van der Waals surface area contributed by atoms with E-state index in [0.29, 0.717) is 0 Å². The van der Waals surface area contributed by atoms with Crippen LogP contribution in [0.1, 0.15) is 0 Å². The Morgan fingerprint density at radius 1 is 0.263 bits per heavy atom. The number of hydrogen-bond donors (Lipinski definition) is 0. The number of rotatable bonds is 7. The first-order chi connectivity index (χ1) is 28.3. The standard InChI is InChI=1S/C54H35NO2/c1-3-14-36(15-4-1)39-18-11-19-41(34-39)55(40-30-28-38(29-31-40)44-22-12-23-47-45-20-7-9-26-51(45)56-53(44)47)42-32-33-43(37-16-5-2-6-17-37)50(35-42)49-25-13-24-48-46-21-8-10-27-52(46)57-54(48)49/h1-35H. The molecule has 0 atom stereocenters. The van der Waals surface area contributed by atoms with Crippen LogP contribution < -0.4 is 4.90 Å². The van der Waals surface area contributed by atoms with Gasteiger partial charge in [-0.1, -0.05) is 164 Å². The molecular formula is C54H35NO2. The van der Waals surface area contributed by atoms with Gasteiger partial charge in [-0.05, 0) is 81.9 Å². The van der Waals surface area contributed by atoms with Crippen molar-refractivity contribution in [3.05, 3.63) is 212 Å². The Bertz CT molecular complexity index is 3230. The Morgan fingerprint density at radius 2 is 0.754 bits per heavy atom. The predicted octanol–water partition coefficient (Wildman–Crippen LogP) is 15.6. The minimum Gasteiger partial charge on any atom is -0.455 e. The first-order valence-electron chi connectivity index (χ1n) is 19.3. The van der Waals surface area contributed by atoms with Crippen LogP contribution in [0.5, 0.6) is 0 Å². The van der Waals surface area contributed by atoms with Gasteiger partial charge in [-0.15, -0.1) is 0 Å². The van der Waals surface area contributed by atoms with Crippen LogP contribution in [-0.4, -0.2) is 0 Å². The topological polar surface area (TPSA) is 29.5 Å². The number of nitrogens with zero attached hydrogens (tertiary/aromatic N) is 1. The lowest BCUT2D eigenvalue weighted by atomic mass is 9.92. The summed E-state index contributed by atoms with van der Waals surface area (Å²) in [7, 11) is 0. The molecule has 3 nitrogen and oxygen atoms in total. The second-order valence-corrected chi connectivity index (χ2v) is 14.5. The first-order valence-corrected chi connectivity index (χ1v) is 19.3. The molecule has 0 fully saturated rings. The van der Waals surface area contributed by atoms with Crippen molar-refractivity contribution in [3.63, 3.8) is 0 Å². The third-order valence-corrected chi connectivity index (χ3v) is 11.1. The molecule has 9 aromatic carbocycles. The van der Waals surface area contributed by atoms with Crippen molar-refractivity contribution < 1.29 is 8.83 Å². The van der Waals surface area contributed by atoms with Gasteiger partial charge in [-0.2, -0.15) is 0 Å². The van der Waals surface area contributed by atoms with E-state index in [2.05, 4.69) is 193 Å². The van der Waals surface area contributed by atoms with E-state index in [1.54, 1.807) is 0 Å². The molecule has 0 N–H and O–H groups in total. The minimum absolute atomic E-state index is 0.884. The molecule has 0 unspecified atom stereocenters. The highest BCUT2D eigenvalue weighted by atomic mass is 16.3. The third kappa shape index (κ3) is 5.68. The lowest BCUT2D eigenvalue weighted by molar-refractivity contribution is 0.669. The molecule has 0 bridgehead atoms. The zero-order valence-corrected chi connectivity index (χ0v) is 31.0. The van der Waals surface area contributed by atoms with Gasteiger partial charge >= 0.3 is 0 Å². The van der Waals surface area contributed by atoms with Crippen LogP contribution in [0.2, 0.25) is 0 Å². The minimum atomic E-state index is 0.884. The Labute approximate surface area is 330 Å². The maximum atomic E-state index is 6.65. The molecule has 0 aliphatic rings. The van der Waals surface area contributed by atoms with E-state index in [4.69, 9.17) is 8.83 Å². The highest BCUT2D eigenvalue weighted by Crippen LogP contribution is 2.45. The van der Waals surface area contributed by atoms with Crippen LogP contribution in [0.15, 0.2) is 221 Å². The molecule has 268 valence electrons. The fourth-order valence-corrected chi connectivity index (χ4v) is 8.39. The van der Waals surface area contributed by atoms with Gasteiger partial charge in [0.1, 0.15) is 22.3 Å². The Morgan fingerprint density at radius 3 is 1.44 bits per heavy atom. The summed E-state index contributed by atoms with van der Waals surface area (Å²) >= 11 is 0. The number of benzene rings is 9. The second kappa shape index (κ2) is 13.6. The van der Waals surface area contributed by atoms with Gasteiger partial charge in [0, 0.05) is 49.7 Å². The van der Waals surface area contributed by atoms with Crippen LogP contribution in [0.3, 0.4) is 0 Å². The summed E-state index contributed by atoms with van der Waals surface area (Å²) in [5.41, 5.74) is 15.6. The molecule has 0 aliphatic heterocycles. The van der Waals surface area contributed by atoms with Crippen molar-refractivity contribution in [1.29, 1.82) is 0 Å². The quantitative estimate of drug-likeness (QED) is 0.164. The van der Waals surface area contributed by atoms with Crippen molar-refractivity contribution >= 4 is 60.9 Å². The molecule has 2 aromatic heterocycles. The zero-order valence-electron chi connectivity index (χ0n) is 31.0. The predicted molar refractivity (Wildman–Crippen MR) is 237 cm³/mol. The van der Waals surface area contributed by atoms with Gasteiger partial charge in [-0.25, -0.2) is 0 Å². The van der Waals surface area contributed by atoms with Gasteiger partial charge in [-0.3, -0.25) is 0 Å². The van der Waals surface area contributed by atoms with Gasteiger partial charge < -0.3 is 13.7 Å². The average Bonchev–Trinajstić information content (AvgIpc) is 3.86. The summed E-state index contributed by atoms with van der Waals surface area (Å²) in [4.78, 5) is 2.36. The summed E-state index contributed by atoms with van der Waals surface area (Å²) in [5, 5.41) is 4.47. The highest BCUT2D eigenvalue weighted by Gasteiger charge is 2.21. The molecule has 2 heterocycles. The maximum Gasteiger partial charge on any atom is 0.143 e. The van der Waals surface area contributed by atoms with Crippen LogP contribution in [-0.2, 0) is 0 Å². The van der Waals surface area contributed by atoms with Crippen molar-refractivity contribution in [2.45, 2.75) is 0 Å². The molecule has 0 amide bonds. The van der Waals surface area contributed by atoms with Gasteiger partial charge in [0.15, 0.2) is 0 Å². The van der Waals surface area contributed by atoms with Gasteiger partial charge in [0.25, 0.3) is 0 Å². The number of furan rings is 2. The van der Waals surface area contributed by atoms with E-state index in [0.717, 1.165) is 99.9 Å². The Hall–Kier alpha value is -7.62. The number of hydrogen-bond acceptors (Lipinski definition) is 3. The molecule has 0 radical (unpaired) electrons. The van der Waals surface area contributed by atoms with Crippen LogP contribution in [0.25, 0.3) is 88.4 Å². The monoisotopic (exact) mass is 729 g/mol. The molecule has 11 rings (SSSR count). The number of anilines is 3. The first kappa shape index (κ1) is 32.8. The van der Waals surface area contributed by atoms with Gasteiger partial charge in [0.2, 0.25) is 0 Å². The summed E-state index contributed by atoms with van der Waals surface area (Å²) in [6, 6.07) is 75.1. The van der Waals surface area contributed by atoms with E-state index in [-0.39, 0.29) is 0 Å². The summed E-state index contributed by atoms with van der Waals surface area (Å²) in [5.74, 6) is 0. The van der Waals surface area contributed by atoms with Crippen molar-refractivity contribution in [3.8, 4) is 44.5 Å². The molecular weight excluding hydrogens is 695 g/mol. The molecule has 0 saturated heterocycles. The normalized spacial score (nSPS) is 11.5. The Balaban J connectivity index is 1.11. The fourth-order valence-electron chi connectivity index (χ4n) is 8.39. The highest BCUT2D eigenvalue weighted by molar-refractivity contribution is 6.11. The third-order valence-electron chi connectivity index (χ3n) is 11.1. The molecule has 0 spiro atoms. The molecule has 0 saturated carbocycles. The van der Waals surface area contributed by atoms with Crippen LogP contribution >= 0.6 is 0 Å². The molecule has 0 aliphatic carbocycles. The summed E-state index contributed by atoms with van der Waals surface area (Å²) in [6.45, 7) is 0. The lowest BCUT2D eigenvalue weighted by Gasteiger charge is -2.27. The van der Waals surface area contributed by atoms with E-state index in [1.807, 2.05) is 24.3 Å². The fraction of sp³-hybridized carbons (Fsp3) is 0. The summed E-state index contributed by atoms with van der Waals surface area (Å²) < 4.78 is 13.1. The summed E-state index contributed by atoms with van der Waals surface area (Å²) in [6.07, 6.45) is 0. The lowest BCUT2D eigenvalue weighted by Crippen LogP contribution is -2.10. The van der Waals surface area contributed by atoms with Crippen LogP contribution in [0, 0.1) is 0 Å². The second-order valence-electron chi connectivity index (χ2n) is 14.5. The van der Waals surface area contributed by atoms with E-state index in [9.17, 15) is 0 Å². The molecule has 57 heavy (non-hydrogen) atoms. The van der Waals surface area contributed by atoms with Crippen molar-refractivity contribution in [1.82, 2.24) is 0 Å². The molecule has 3 heteroatoms. The number of fused-ring (bicyclic) bond motifs is 6. The van der Waals surface area contributed by atoms with Crippen molar-refractivity contribution in [2.24, 2.45) is 0 Å². The van der Waals surface area contributed by atoms with E-state index < -0.39 is 0 Å². The largest absolute Gasteiger partial charge is 0.455 e. The smallest absolute Gasteiger partial charge is 0.143 e. The zero-order chi connectivity index (χ0) is 37.7. The average molecular weight is 730 g/mol. The molecule has 11 aromatic rings.